The molecule has 0 aromatic carbocycles. The first-order chi connectivity index (χ1) is 7.37. The van der Waals surface area contributed by atoms with Gasteiger partial charge < -0.3 is 9.47 Å². The average molecular weight is 412 g/mol. The van der Waals surface area contributed by atoms with Crippen LogP contribution in [0, 0.1) is 3.70 Å². The standard InChI is InChI=1S/C8H6BrF3INO2/c1-15-7-4(3-9)14-6(13)2-5(7)16-8(10,11)12/h2H,3H2,1H3. The predicted molar refractivity (Wildman–Crippen MR) is 62.8 cm³/mol. The Hall–Kier alpha value is -0.250. The van der Waals surface area contributed by atoms with Gasteiger partial charge in [-0.25, -0.2) is 4.98 Å². The summed E-state index contributed by atoms with van der Waals surface area (Å²) >= 11 is 4.92. The number of halogens is 5. The van der Waals surface area contributed by atoms with Crippen LogP contribution >= 0.6 is 38.5 Å². The Labute approximate surface area is 112 Å². The fourth-order valence-electron chi connectivity index (χ4n) is 1.04. The lowest BCUT2D eigenvalue weighted by atomic mass is 10.3. The van der Waals surface area contributed by atoms with Gasteiger partial charge >= 0.3 is 6.36 Å². The topological polar surface area (TPSA) is 31.4 Å². The van der Waals surface area contributed by atoms with Crippen LogP contribution in [-0.2, 0) is 5.33 Å². The monoisotopic (exact) mass is 411 g/mol. The summed E-state index contributed by atoms with van der Waals surface area (Å²) < 4.78 is 45.4. The van der Waals surface area contributed by atoms with Gasteiger partial charge in [0.1, 0.15) is 3.70 Å². The lowest BCUT2D eigenvalue weighted by molar-refractivity contribution is -0.275. The van der Waals surface area contributed by atoms with Gasteiger partial charge in [-0.3, -0.25) is 0 Å². The van der Waals surface area contributed by atoms with E-state index in [0.29, 0.717) is 9.39 Å². The largest absolute Gasteiger partial charge is 0.573 e. The Kier molecular flexibility index (Phi) is 4.65. The van der Waals surface area contributed by atoms with Crippen LogP contribution < -0.4 is 9.47 Å². The highest BCUT2D eigenvalue weighted by atomic mass is 127. The number of rotatable bonds is 3. The fourth-order valence-corrected chi connectivity index (χ4v) is 1.99. The van der Waals surface area contributed by atoms with Crippen LogP contribution in [0.25, 0.3) is 0 Å². The second kappa shape index (κ2) is 5.39. The number of ether oxygens (including phenoxy) is 2. The lowest BCUT2D eigenvalue weighted by Crippen LogP contribution is -2.18. The first-order valence-corrected chi connectivity index (χ1v) is 6.12. The van der Waals surface area contributed by atoms with Gasteiger partial charge in [-0.05, 0) is 22.6 Å². The molecule has 0 radical (unpaired) electrons. The molecular formula is C8H6BrF3INO2. The van der Waals surface area contributed by atoms with Crippen molar-refractivity contribution in [2.75, 3.05) is 7.11 Å². The summed E-state index contributed by atoms with van der Waals surface area (Å²) in [5.41, 5.74) is 0.355. The molecule has 0 aliphatic rings. The van der Waals surface area contributed by atoms with Gasteiger partial charge in [0.05, 0.1) is 12.8 Å². The molecule has 8 heteroatoms. The predicted octanol–water partition coefficient (Wildman–Crippen LogP) is 3.49. The van der Waals surface area contributed by atoms with Crippen LogP contribution in [0.15, 0.2) is 6.07 Å². The maximum atomic E-state index is 12.1. The van der Waals surface area contributed by atoms with E-state index in [2.05, 4.69) is 25.7 Å². The molecule has 0 fully saturated rings. The third kappa shape index (κ3) is 3.65. The Morgan fingerprint density at radius 1 is 1.50 bits per heavy atom. The second-order valence-electron chi connectivity index (χ2n) is 2.60. The number of methoxy groups -OCH3 is 1. The molecule has 0 unspecified atom stereocenters. The zero-order chi connectivity index (χ0) is 12.3. The van der Waals surface area contributed by atoms with Crippen LogP contribution in [-0.4, -0.2) is 18.5 Å². The van der Waals surface area contributed by atoms with Crippen molar-refractivity contribution in [3.8, 4) is 11.5 Å². The Balaban J connectivity index is 3.20. The molecule has 1 rings (SSSR count). The maximum Gasteiger partial charge on any atom is 0.573 e. The molecule has 0 N–H and O–H groups in total. The van der Waals surface area contributed by atoms with Crippen LogP contribution in [0.2, 0.25) is 0 Å². The molecule has 0 saturated carbocycles. The zero-order valence-corrected chi connectivity index (χ0v) is 11.7. The molecular weight excluding hydrogens is 406 g/mol. The molecule has 0 saturated heterocycles. The molecule has 16 heavy (non-hydrogen) atoms. The van der Waals surface area contributed by atoms with Gasteiger partial charge in [-0.1, -0.05) is 15.9 Å². The van der Waals surface area contributed by atoms with E-state index in [1.165, 1.54) is 13.2 Å². The molecule has 0 atom stereocenters. The van der Waals surface area contributed by atoms with Gasteiger partial charge in [-0.2, -0.15) is 0 Å². The normalized spacial score (nSPS) is 11.4. The van der Waals surface area contributed by atoms with E-state index in [1.54, 1.807) is 22.6 Å². The molecule has 0 amide bonds. The second-order valence-corrected chi connectivity index (χ2v) is 4.27. The van der Waals surface area contributed by atoms with E-state index in [0.717, 1.165) is 0 Å². The molecule has 0 aliphatic heterocycles. The van der Waals surface area contributed by atoms with Crippen molar-refractivity contribution in [3.05, 3.63) is 15.5 Å². The number of hydrogen-bond acceptors (Lipinski definition) is 3. The Bertz CT molecular complexity index is 386. The van der Waals surface area contributed by atoms with Crippen molar-refractivity contribution in [1.29, 1.82) is 0 Å². The number of pyridine rings is 1. The van der Waals surface area contributed by atoms with E-state index < -0.39 is 6.36 Å². The van der Waals surface area contributed by atoms with E-state index in [1.807, 2.05) is 0 Å². The summed E-state index contributed by atoms with van der Waals surface area (Å²) in [5, 5.41) is 0.279. The van der Waals surface area contributed by atoms with Crippen LogP contribution in [0.3, 0.4) is 0 Å². The highest BCUT2D eigenvalue weighted by Crippen LogP contribution is 2.36. The molecule has 0 bridgehead atoms. The van der Waals surface area contributed by atoms with Gasteiger partial charge in [0, 0.05) is 11.4 Å². The van der Waals surface area contributed by atoms with Crippen LogP contribution in [0.5, 0.6) is 11.5 Å². The van der Waals surface area contributed by atoms with Crippen molar-refractivity contribution < 1.29 is 22.6 Å². The highest BCUT2D eigenvalue weighted by molar-refractivity contribution is 14.1. The minimum absolute atomic E-state index is 0.0189. The minimum Gasteiger partial charge on any atom is -0.491 e. The number of alkyl halides is 4. The Morgan fingerprint density at radius 3 is 2.56 bits per heavy atom. The summed E-state index contributed by atoms with van der Waals surface area (Å²) in [7, 11) is 1.26. The van der Waals surface area contributed by atoms with Crippen LogP contribution in [0.4, 0.5) is 13.2 Å². The number of aromatic nitrogens is 1. The Morgan fingerprint density at radius 2 is 2.12 bits per heavy atom. The third-order valence-electron chi connectivity index (χ3n) is 1.53. The molecule has 3 nitrogen and oxygen atoms in total. The summed E-state index contributed by atoms with van der Waals surface area (Å²) in [6, 6.07) is 1.17. The maximum absolute atomic E-state index is 12.1. The van der Waals surface area contributed by atoms with Crippen molar-refractivity contribution >= 4 is 38.5 Å². The SMILES string of the molecule is COc1c(OC(F)(F)F)cc(I)nc1CBr. The molecule has 90 valence electrons. The molecule has 0 aliphatic carbocycles. The molecule has 1 aromatic heterocycles. The summed E-state index contributed by atoms with van der Waals surface area (Å²) in [5.74, 6) is -0.404. The molecule has 1 heterocycles. The molecule has 1 aromatic rings. The van der Waals surface area contributed by atoms with Gasteiger partial charge in [0.15, 0.2) is 11.5 Å². The van der Waals surface area contributed by atoms with Crippen molar-refractivity contribution in [1.82, 2.24) is 4.98 Å². The first kappa shape index (κ1) is 13.8. The number of hydrogen-bond donors (Lipinski definition) is 0. The van der Waals surface area contributed by atoms with E-state index in [4.69, 9.17) is 4.74 Å². The minimum atomic E-state index is -4.75. The quantitative estimate of drug-likeness (QED) is 0.433. The molecule has 0 spiro atoms. The number of nitrogens with zero attached hydrogens (tertiary/aromatic N) is 1. The third-order valence-corrected chi connectivity index (χ3v) is 2.62. The summed E-state index contributed by atoms with van der Waals surface area (Å²) in [6.45, 7) is 0. The van der Waals surface area contributed by atoms with Gasteiger partial charge in [0.2, 0.25) is 0 Å². The average Bonchev–Trinajstić information content (AvgIpc) is 2.14. The zero-order valence-electron chi connectivity index (χ0n) is 7.94. The van der Waals surface area contributed by atoms with Gasteiger partial charge in [-0.15, -0.1) is 13.2 Å². The fraction of sp³-hybridized carbons (Fsp3) is 0.375. The first-order valence-electron chi connectivity index (χ1n) is 3.92. The van der Waals surface area contributed by atoms with E-state index in [9.17, 15) is 13.2 Å². The summed E-state index contributed by atoms with van der Waals surface area (Å²) in [4.78, 5) is 4.02. The van der Waals surface area contributed by atoms with E-state index in [-0.39, 0.29) is 16.8 Å². The van der Waals surface area contributed by atoms with Crippen molar-refractivity contribution in [3.63, 3.8) is 0 Å². The highest BCUT2D eigenvalue weighted by Gasteiger charge is 2.33. The lowest BCUT2D eigenvalue weighted by Gasteiger charge is -2.14. The van der Waals surface area contributed by atoms with E-state index >= 15 is 0 Å². The smallest absolute Gasteiger partial charge is 0.491 e. The van der Waals surface area contributed by atoms with Gasteiger partial charge in [0.25, 0.3) is 0 Å². The van der Waals surface area contributed by atoms with Crippen molar-refractivity contribution in [2.24, 2.45) is 0 Å². The van der Waals surface area contributed by atoms with Crippen molar-refractivity contribution in [2.45, 2.75) is 11.7 Å². The van der Waals surface area contributed by atoms with Crippen LogP contribution in [0.1, 0.15) is 5.69 Å². The summed E-state index contributed by atoms with van der Waals surface area (Å²) in [6.07, 6.45) is -4.75.